The van der Waals surface area contributed by atoms with Crippen LogP contribution in [0.4, 0.5) is 51.2 Å². The lowest BCUT2D eigenvalue weighted by molar-refractivity contribution is 0.751. The molecule has 5 nitrogen and oxygen atoms in total. The second-order valence-electron chi connectivity index (χ2n) is 22.0. The Morgan fingerprint density at radius 1 is 0.226 bits per heavy atom. The van der Waals surface area contributed by atoms with Crippen LogP contribution in [-0.4, -0.2) is 9.13 Å². The van der Waals surface area contributed by atoms with E-state index in [4.69, 9.17) is 0 Å². The van der Waals surface area contributed by atoms with Gasteiger partial charge in [0.05, 0.1) is 38.9 Å². The van der Waals surface area contributed by atoms with Crippen molar-refractivity contribution in [2.75, 3.05) is 14.7 Å². The molecule has 2 aliphatic rings. The Morgan fingerprint density at radius 3 is 0.988 bits per heavy atom. The van der Waals surface area contributed by atoms with Crippen LogP contribution in [0.3, 0.4) is 0 Å². The lowest BCUT2D eigenvalue weighted by Gasteiger charge is -2.45. The number of fused-ring (bicyclic) bond motifs is 15. The molecule has 0 bridgehead atoms. The fraction of sp³-hybridized carbons (Fsp3) is 0.0127. The lowest BCUT2D eigenvalue weighted by atomic mass is 9.64. The summed E-state index contributed by atoms with van der Waals surface area (Å²) in [6.45, 7) is 0. The van der Waals surface area contributed by atoms with Gasteiger partial charge in [0.25, 0.3) is 0 Å². The molecule has 0 amide bonds. The summed E-state index contributed by atoms with van der Waals surface area (Å²) < 4.78 is 4.98. The molecule has 0 saturated carbocycles. The molecule has 3 heterocycles. The first-order valence-electron chi connectivity index (χ1n) is 28.9. The predicted molar refractivity (Wildman–Crippen MR) is 350 cm³/mol. The normalized spacial score (nSPS) is 12.8. The van der Waals surface area contributed by atoms with Crippen LogP contribution in [0.2, 0.25) is 0 Å². The van der Waals surface area contributed by atoms with Crippen LogP contribution in [0.5, 0.6) is 0 Å². The van der Waals surface area contributed by atoms with Crippen molar-refractivity contribution in [1.29, 1.82) is 0 Å². The third kappa shape index (κ3) is 7.09. The molecule has 0 atom stereocenters. The smallest absolute Gasteiger partial charge is 0.0755 e. The van der Waals surface area contributed by atoms with E-state index in [-0.39, 0.29) is 0 Å². The number of rotatable bonds is 9. The zero-order chi connectivity index (χ0) is 55.3. The molecule has 0 saturated heterocycles. The maximum absolute atomic E-state index is 2.52. The van der Waals surface area contributed by atoms with Crippen LogP contribution in [0.1, 0.15) is 22.3 Å². The van der Waals surface area contributed by atoms with Gasteiger partial charge in [-0.3, -0.25) is 0 Å². The Morgan fingerprint density at radius 2 is 0.571 bits per heavy atom. The fourth-order valence-corrected chi connectivity index (χ4v) is 14.2. The van der Waals surface area contributed by atoms with Crippen molar-refractivity contribution in [3.8, 4) is 22.5 Å². The molecule has 394 valence electrons. The van der Waals surface area contributed by atoms with Crippen molar-refractivity contribution in [3.05, 3.63) is 344 Å². The summed E-state index contributed by atoms with van der Waals surface area (Å²) in [4.78, 5) is 7.18. The highest BCUT2D eigenvalue weighted by Gasteiger charge is 2.52. The van der Waals surface area contributed by atoms with Gasteiger partial charge >= 0.3 is 0 Å². The fourth-order valence-electron chi connectivity index (χ4n) is 14.2. The molecule has 17 rings (SSSR count). The highest BCUT2D eigenvalue weighted by Crippen LogP contribution is 2.64. The molecule has 13 aromatic carbocycles. The topological polar surface area (TPSA) is 19.6 Å². The number of nitrogens with zero attached hydrogens (tertiary/aromatic N) is 5. The van der Waals surface area contributed by atoms with E-state index < -0.39 is 5.41 Å². The minimum atomic E-state index is -0.731. The Bertz CT molecular complexity index is 4650. The van der Waals surface area contributed by atoms with Crippen molar-refractivity contribution >= 4 is 94.8 Å². The molecule has 0 unspecified atom stereocenters. The van der Waals surface area contributed by atoms with Gasteiger partial charge in [0.1, 0.15) is 0 Å². The average Bonchev–Trinajstić information content (AvgIpc) is 2.77. The highest BCUT2D eigenvalue weighted by molar-refractivity contribution is 6.12. The SMILES string of the molecule is c1ccc(N(c2ccccc2)c2ccc3c(c2)c2ccccc2n3-c2ccc3c(c2)C2(c4cc(-n5c6ccccc6c6cc(N(c7ccccc7)c7ccccc7)ccc65)ccc4-3)c3ccccc3N(c3ccccc3)c3ccccc32)cc1. The van der Waals surface area contributed by atoms with E-state index >= 15 is 0 Å². The zero-order valence-electron chi connectivity index (χ0n) is 45.8. The first kappa shape index (κ1) is 47.6. The van der Waals surface area contributed by atoms with E-state index in [1.54, 1.807) is 0 Å². The zero-order valence-corrected chi connectivity index (χ0v) is 45.8. The Labute approximate surface area is 487 Å². The summed E-state index contributed by atoms with van der Waals surface area (Å²) in [5.74, 6) is 0. The average molecular weight is 1070 g/mol. The van der Waals surface area contributed by atoms with Gasteiger partial charge < -0.3 is 23.8 Å². The van der Waals surface area contributed by atoms with E-state index in [1.165, 1.54) is 54.9 Å². The highest BCUT2D eigenvalue weighted by atomic mass is 15.2. The number of hydrogen-bond acceptors (Lipinski definition) is 3. The van der Waals surface area contributed by atoms with Crippen molar-refractivity contribution in [2.45, 2.75) is 5.41 Å². The van der Waals surface area contributed by atoms with Gasteiger partial charge in [0, 0.05) is 72.7 Å². The van der Waals surface area contributed by atoms with E-state index in [1.807, 2.05) is 0 Å². The van der Waals surface area contributed by atoms with Crippen LogP contribution in [0, 0.1) is 0 Å². The van der Waals surface area contributed by atoms with Gasteiger partial charge in [-0.15, -0.1) is 0 Å². The number of benzene rings is 13. The Hall–Kier alpha value is -11.1. The van der Waals surface area contributed by atoms with Crippen molar-refractivity contribution in [1.82, 2.24) is 9.13 Å². The summed E-state index contributed by atoms with van der Waals surface area (Å²) in [5, 5.41) is 4.80. The van der Waals surface area contributed by atoms with Gasteiger partial charge in [-0.05, 0) is 179 Å². The number of para-hydroxylation sites is 9. The summed E-state index contributed by atoms with van der Waals surface area (Å²) in [6.07, 6.45) is 0. The summed E-state index contributed by atoms with van der Waals surface area (Å²) in [7, 11) is 0. The van der Waals surface area contributed by atoms with Crippen molar-refractivity contribution < 1.29 is 0 Å². The van der Waals surface area contributed by atoms with Crippen molar-refractivity contribution in [3.63, 3.8) is 0 Å². The van der Waals surface area contributed by atoms with E-state index in [0.717, 1.165) is 84.6 Å². The van der Waals surface area contributed by atoms with Gasteiger partial charge in [-0.1, -0.05) is 176 Å². The second kappa shape index (κ2) is 19.0. The van der Waals surface area contributed by atoms with E-state index in [0.29, 0.717) is 0 Å². The lowest BCUT2D eigenvalue weighted by Crippen LogP contribution is -2.36. The molecule has 84 heavy (non-hydrogen) atoms. The van der Waals surface area contributed by atoms with Crippen LogP contribution in [-0.2, 0) is 5.41 Å². The van der Waals surface area contributed by atoms with Gasteiger partial charge in [-0.2, -0.15) is 0 Å². The standard InChI is InChI=1S/C79H53N5/c1-6-24-54(25-7-1)80(55-26-8-2-9-27-55)59-44-48-75-67(50-59)65-34-16-20-38-73(65)83(75)61-42-46-63-64-47-43-62(53-72(64)79(71(63)52-61)69-36-18-22-40-77(69)82(58-32-14-5-15-33-58)78-41-23-19-37-70(78)79)84-74-39-21-17-35-66(74)68-51-60(45-49-76(68)84)81(56-28-10-3-11-29-56)57-30-12-4-13-31-57/h1-53H. The molecule has 0 N–H and O–H groups in total. The van der Waals surface area contributed by atoms with Crippen LogP contribution in [0.15, 0.2) is 322 Å². The molecule has 5 heteroatoms. The third-order valence-electron chi connectivity index (χ3n) is 17.6. The first-order chi connectivity index (χ1) is 41.7. The molecular formula is C79H53N5. The van der Waals surface area contributed by atoms with Crippen LogP contribution < -0.4 is 14.7 Å². The first-order valence-corrected chi connectivity index (χ1v) is 28.9. The molecule has 1 aliphatic carbocycles. The monoisotopic (exact) mass is 1070 g/mol. The maximum atomic E-state index is 2.52. The maximum Gasteiger partial charge on any atom is 0.0755 e. The summed E-state index contributed by atoms with van der Waals surface area (Å²) in [6, 6.07) is 118. The predicted octanol–water partition coefficient (Wildman–Crippen LogP) is 21.0. The largest absolute Gasteiger partial charge is 0.310 e. The molecule has 1 aliphatic heterocycles. The Balaban J connectivity index is 0.898. The minimum absolute atomic E-state index is 0.731. The third-order valence-corrected chi connectivity index (χ3v) is 17.6. The minimum Gasteiger partial charge on any atom is -0.310 e. The second-order valence-corrected chi connectivity index (χ2v) is 22.0. The summed E-state index contributed by atoms with van der Waals surface area (Å²) >= 11 is 0. The van der Waals surface area contributed by atoms with Crippen LogP contribution in [0.25, 0.3) is 66.1 Å². The number of aromatic nitrogens is 2. The molecule has 15 aromatic rings. The van der Waals surface area contributed by atoms with Crippen LogP contribution >= 0.6 is 0 Å². The molecule has 0 radical (unpaired) electrons. The molecular weight excluding hydrogens is 1020 g/mol. The van der Waals surface area contributed by atoms with E-state index in [2.05, 4.69) is 345 Å². The quantitative estimate of drug-likeness (QED) is 0.144. The molecule has 1 spiro atoms. The number of anilines is 9. The van der Waals surface area contributed by atoms with Crippen molar-refractivity contribution in [2.24, 2.45) is 0 Å². The Kier molecular flexibility index (Phi) is 10.8. The van der Waals surface area contributed by atoms with E-state index in [9.17, 15) is 0 Å². The van der Waals surface area contributed by atoms with Gasteiger partial charge in [-0.25, -0.2) is 0 Å². The summed E-state index contributed by atoms with van der Waals surface area (Å²) in [5.41, 5.74) is 23.7. The molecule has 2 aromatic heterocycles. The number of hydrogen-bond donors (Lipinski definition) is 0. The van der Waals surface area contributed by atoms with Gasteiger partial charge in [0.15, 0.2) is 0 Å². The molecule has 0 fully saturated rings. The van der Waals surface area contributed by atoms with Gasteiger partial charge in [0.2, 0.25) is 0 Å².